The van der Waals surface area contributed by atoms with Crippen molar-refractivity contribution in [1.29, 1.82) is 0 Å². The quantitative estimate of drug-likeness (QED) is 0.777. The molecule has 0 saturated carbocycles. The first-order valence-corrected chi connectivity index (χ1v) is 7.49. The number of ether oxygens (including phenoxy) is 1. The highest BCUT2D eigenvalue weighted by molar-refractivity contribution is 5.75. The molecule has 0 radical (unpaired) electrons. The van der Waals surface area contributed by atoms with Crippen LogP contribution in [0, 0.1) is 5.92 Å². The molecule has 21 heavy (non-hydrogen) atoms. The van der Waals surface area contributed by atoms with Crippen LogP contribution in [0.3, 0.4) is 0 Å². The molecule has 0 spiro atoms. The van der Waals surface area contributed by atoms with Crippen LogP contribution in [0.2, 0.25) is 0 Å². The summed E-state index contributed by atoms with van der Waals surface area (Å²) in [4.78, 5) is 10.9. The summed E-state index contributed by atoms with van der Waals surface area (Å²) in [5.74, 6) is 1.59. The van der Waals surface area contributed by atoms with E-state index in [-0.39, 0.29) is 0 Å². The summed E-state index contributed by atoms with van der Waals surface area (Å²) in [5.41, 5.74) is 4.85. The fourth-order valence-corrected chi connectivity index (χ4v) is 3.28. The van der Waals surface area contributed by atoms with Gasteiger partial charge in [-0.15, -0.1) is 0 Å². The number of hydrogen-bond acceptors (Lipinski definition) is 2. The second kappa shape index (κ2) is 6.13. The Morgan fingerprint density at radius 3 is 2.48 bits per heavy atom. The number of rotatable bonds is 5. The molecule has 0 heterocycles. The van der Waals surface area contributed by atoms with Crippen LogP contribution in [0.1, 0.15) is 33.5 Å². The lowest BCUT2D eigenvalue weighted by molar-refractivity contribution is 0.112. The topological polar surface area (TPSA) is 26.3 Å². The molecule has 0 aromatic heterocycles. The monoisotopic (exact) mass is 280 g/mol. The van der Waals surface area contributed by atoms with Gasteiger partial charge in [0.25, 0.3) is 0 Å². The third-order valence-corrected chi connectivity index (χ3v) is 4.40. The first-order chi connectivity index (χ1) is 10.3. The molecule has 0 fully saturated rings. The highest BCUT2D eigenvalue weighted by Crippen LogP contribution is 2.31. The first kappa shape index (κ1) is 13.9. The van der Waals surface area contributed by atoms with Crippen LogP contribution >= 0.6 is 0 Å². The second-order valence-corrected chi connectivity index (χ2v) is 5.77. The summed E-state index contributed by atoms with van der Waals surface area (Å²) in [7, 11) is 1.69. The largest absolute Gasteiger partial charge is 0.496 e. The molecule has 0 atom stereocenters. The third-order valence-electron chi connectivity index (χ3n) is 4.40. The van der Waals surface area contributed by atoms with Gasteiger partial charge in [0.2, 0.25) is 0 Å². The van der Waals surface area contributed by atoms with Crippen molar-refractivity contribution in [3.8, 4) is 5.75 Å². The standard InChI is InChI=1S/C19H20O2/c1-21-19-9-7-15(13-20)12-18(19)8-6-14-10-16-4-2-3-5-17(16)11-14/h2-5,7,9,12-14H,6,8,10-11H2,1H3. The Bertz CT molecular complexity index is 621. The lowest BCUT2D eigenvalue weighted by Crippen LogP contribution is -2.03. The predicted octanol–water partition coefficient (Wildman–Crippen LogP) is 3.86. The summed E-state index contributed by atoms with van der Waals surface area (Å²) < 4.78 is 5.41. The number of aldehydes is 1. The zero-order chi connectivity index (χ0) is 14.7. The van der Waals surface area contributed by atoms with Gasteiger partial charge in [0.05, 0.1) is 7.11 Å². The van der Waals surface area contributed by atoms with Crippen LogP contribution in [0.5, 0.6) is 5.75 Å². The molecule has 108 valence electrons. The van der Waals surface area contributed by atoms with Gasteiger partial charge in [0.15, 0.2) is 0 Å². The lowest BCUT2D eigenvalue weighted by Gasteiger charge is -2.12. The van der Waals surface area contributed by atoms with Gasteiger partial charge in [-0.05, 0) is 66.5 Å². The van der Waals surface area contributed by atoms with E-state index < -0.39 is 0 Å². The lowest BCUT2D eigenvalue weighted by atomic mass is 9.96. The SMILES string of the molecule is COc1ccc(C=O)cc1CCC1Cc2ccccc2C1. The Morgan fingerprint density at radius 2 is 1.86 bits per heavy atom. The van der Waals surface area contributed by atoms with Crippen LogP contribution in [0.15, 0.2) is 42.5 Å². The summed E-state index contributed by atoms with van der Waals surface area (Å²) in [6.45, 7) is 0. The molecule has 0 unspecified atom stereocenters. The zero-order valence-corrected chi connectivity index (χ0v) is 12.3. The van der Waals surface area contributed by atoms with Crippen molar-refractivity contribution in [2.45, 2.75) is 25.7 Å². The van der Waals surface area contributed by atoms with Crippen LogP contribution in [0.4, 0.5) is 0 Å². The molecule has 0 bridgehead atoms. The number of benzene rings is 2. The number of hydrogen-bond donors (Lipinski definition) is 0. The van der Waals surface area contributed by atoms with E-state index in [1.807, 2.05) is 12.1 Å². The van der Waals surface area contributed by atoms with E-state index in [0.29, 0.717) is 5.92 Å². The third kappa shape index (κ3) is 2.99. The van der Waals surface area contributed by atoms with Crippen LogP contribution in [-0.4, -0.2) is 13.4 Å². The van der Waals surface area contributed by atoms with Crippen LogP contribution < -0.4 is 4.74 Å². The molecule has 0 aliphatic heterocycles. The van der Waals surface area contributed by atoms with E-state index in [2.05, 4.69) is 24.3 Å². The number of fused-ring (bicyclic) bond motifs is 1. The normalized spacial score (nSPS) is 14.0. The Labute approximate surface area is 125 Å². The fourth-order valence-electron chi connectivity index (χ4n) is 3.28. The number of methoxy groups -OCH3 is 1. The summed E-state index contributed by atoms with van der Waals surface area (Å²) in [5, 5.41) is 0. The Morgan fingerprint density at radius 1 is 1.14 bits per heavy atom. The van der Waals surface area contributed by atoms with Gasteiger partial charge in [0.1, 0.15) is 12.0 Å². The number of carbonyl (C=O) groups is 1. The average molecular weight is 280 g/mol. The highest BCUT2D eigenvalue weighted by atomic mass is 16.5. The molecule has 2 nitrogen and oxygen atoms in total. The van der Waals surface area contributed by atoms with E-state index in [1.165, 1.54) is 24.0 Å². The summed E-state index contributed by atoms with van der Waals surface area (Å²) >= 11 is 0. The van der Waals surface area contributed by atoms with Gasteiger partial charge in [-0.3, -0.25) is 4.79 Å². The Kier molecular flexibility index (Phi) is 4.05. The van der Waals surface area contributed by atoms with E-state index in [4.69, 9.17) is 4.74 Å². The van der Waals surface area contributed by atoms with Gasteiger partial charge in [-0.25, -0.2) is 0 Å². The molecule has 0 N–H and O–H groups in total. The van der Waals surface area contributed by atoms with Gasteiger partial charge >= 0.3 is 0 Å². The molecule has 3 rings (SSSR count). The maximum atomic E-state index is 10.9. The van der Waals surface area contributed by atoms with Crippen molar-refractivity contribution in [3.05, 3.63) is 64.7 Å². The van der Waals surface area contributed by atoms with Crippen molar-refractivity contribution >= 4 is 6.29 Å². The average Bonchev–Trinajstić information content (AvgIpc) is 2.95. The molecule has 1 aliphatic carbocycles. The molecule has 2 aromatic rings. The van der Waals surface area contributed by atoms with Crippen molar-refractivity contribution in [1.82, 2.24) is 0 Å². The van der Waals surface area contributed by atoms with Crippen molar-refractivity contribution < 1.29 is 9.53 Å². The van der Waals surface area contributed by atoms with Crippen molar-refractivity contribution in [2.75, 3.05) is 7.11 Å². The fraction of sp³-hybridized carbons (Fsp3) is 0.316. The van der Waals surface area contributed by atoms with Gasteiger partial charge in [0, 0.05) is 5.56 Å². The molecule has 0 saturated heterocycles. The highest BCUT2D eigenvalue weighted by Gasteiger charge is 2.21. The van der Waals surface area contributed by atoms with Crippen molar-refractivity contribution in [3.63, 3.8) is 0 Å². The minimum Gasteiger partial charge on any atom is -0.496 e. The van der Waals surface area contributed by atoms with E-state index in [1.54, 1.807) is 13.2 Å². The zero-order valence-electron chi connectivity index (χ0n) is 12.3. The van der Waals surface area contributed by atoms with Gasteiger partial charge in [-0.1, -0.05) is 24.3 Å². The molecule has 0 amide bonds. The van der Waals surface area contributed by atoms with Crippen molar-refractivity contribution in [2.24, 2.45) is 5.92 Å². The van der Waals surface area contributed by atoms with E-state index in [0.717, 1.165) is 36.0 Å². The maximum Gasteiger partial charge on any atom is 0.150 e. The Balaban J connectivity index is 1.67. The molecule has 2 aromatic carbocycles. The summed E-state index contributed by atoms with van der Waals surface area (Å²) in [6, 6.07) is 14.4. The van der Waals surface area contributed by atoms with Crippen LogP contribution in [-0.2, 0) is 19.3 Å². The van der Waals surface area contributed by atoms with E-state index in [9.17, 15) is 4.79 Å². The summed E-state index contributed by atoms with van der Waals surface area (Å²) in [6.07, 6.45) is 5.34. The predicted molar refractivity (Wildman–Crippen MR) is 84.0 cm³/mol. The minimum absolute atomic E-state index is 0.701. The number of carbonyl (C=O) groups excluding carboxylic acids is 1. The Hall–Kier alpha value is -2.09. The first-order valence-electron chi connectivity index (χ1n) is 7.49. The second-order valence-electron chi connectivity index (χ2n) is 5.77. The van der Waals surface area contributed by atoms with Crippen LogP contribution in [0.25, 0.3) is 0 Å². The minimum atomic E-state index is 0.701. The maximum absolute atomic E-state index is 10.9. The number of aryl methyl sites for hydroxylation is 1. The molecular formula is C19H20O2. The molecule has 2 heteroatoms. The molecular weight excluding hydrogens is 260 g/mol. The smallest absolute Gasteiger partial charge is 0.150 e. The van der Waals surface area contributed by atoms with Gasteiger partial charge < -0.3 is 4.74 Å². The van der Waals surface area contributed by atoms with E-state index >= 15 is 0 Å². The molecule has 1 aliphatic rings. The van der Waals surface area contributed by atoms with Gasteiger partial charge in [-0.2, -0.15) is 0 Å².